The molecule has 0 spiro atoms. The summed E-state index contributed by atoms with van der Waals surface area (Å²) in [7, 11) is -3.32. The van der Waals surface area contributed by atoms with Crippen molar-refractivity contribution in [2.75, 3.05) is 13.1 Å². The Morgan fingerprint density at radius 2 is 1.74 bits per heavy atom. The highest BCUT2D eigenvalue weighted by molar-refractivity contribution is 7.88. The molecular formula is C17H21N3O2S. The Kier molecular flexibility index (Phi) is 4.46. The Labute approximate surface area is 137 Å². The molecule has 0 fully saturated rings. The Hall–Kier alpha value is -1.79. The third-order valence-electron chi connectivity index (χ3n) is 4.32. The van der Waals surface area contributed by atoms with Gasteiger partial charge in [0, 0.05) is 30.9 Å². The molecule has 2 aromatic rings. The normalized spacial score (nSPS) is 15.9. The molecule has 0 amide bonds. The summed E-state index contributed by atoms with van der Waals surface area (Å²) in [6.45, 7) is 4.93. The second-order valence-electron chi connectivity index (χ2n) is 6.03. The van der Waals surface area contributed by atoms with E-state index in [2.05, 4.69) is 9.97 Å². The van der Waals surface area contributed by atoms with Crippen molar-refractivity contribution in [1.82, 2.24) is 14.3 Å². The molecule has 23 heavy (non-hydrogen) atoms. The molecule has 0 N–H and O–H groups in total. The van der Waals surface area contributed by atoms with Crippen LogP contribution in [0.1, 0.15) is 28.1 Å². The quantitative estimate of drug-likeness (QED) is 0.863. The molecule has 0 bridgehead atoms. The van der Waals surface area contributed by atoms with Crippen molar-refractivity contribution >= 4 is 10.0 Å². The van der Waals surface area contributed by atoms with Gasteiger partial charge in [0.25, 0.3) is 0 Å². The van der Waals surface area contributed by atoms with Crippen LogP contribution in [0.3, 0.4) is 0 Å². The Morgan fingerprint density at radius 3 is 2.48 bits per heavy atom. The number of hydrogen-bond donors (Lipinski definition) is 0. The van der Waals surface area contributed by atoms with Gasteiger partial charge in [0.1, 0.15) is 6.33 Å². The van der Waals surface area contributed by atoms with Crippen molar-refractivity contribution in [3.8, 4) is 0 Å². The third kappa shape index (κ3) is 3.59. The first kappa shape index (κ1) is 16.1. The summed E-state index contributed by atoms with van der Waals surface area (Å²) in [6, 6.07) is 7.66. The third-order valence-corrected chi connectivity index (χ3v) is 6.17. The van der Waals surface area contributed by atoms with Gasteiger partial charge in [-0.15, -0.1) is 0 Å². The van der Waals surface area contributed by atoms with Gasteiger partial charge >= 0.3 is 0 Å². The fourth-order valence-electron chi connectivity index (χ4n) is 2.93. The molecular weight excluding hydrogens is 310 g/mol. The molecule has 1 aromatic heterocycles. The van der Waals surface area contributed by atoms with Gasteiger partial charge in [0.15, 0.2) is 0 Å². The van der Waals surface area contributed by atoms with Gasteiger partial charge in [0.05, 0.1) is 5.75 Å². The van der Waals surface area contributed by atoms with Crippen LogP contribution in [0.2, 0.25) is 0 Å². The highest BCUT2D eigenvalue weighted by Crippen LogP contribution is 2.19. The number of nitrogens with zero attached hydrogens (tertiary/aromatic N) is 3. The fourth-order valence-corrected chi connectivity index (χ4v) is 4.47. The number of aromatic nitrogens is 2. The maximum atomic E-state index is 12.7. The summed E-state index contributed by atoms with van der Waals surface area (Å²) in [5, 5.41) is 0. The molecule has 1 aromatic carbocycles. The van der Waals surface area contributed by atoms with Crippen LogP contribution < -0.4 is 0 Å². The number of rotatable bonds is 3. The van der Waals surface area contributed by atoms with Crippen LogP contribution in [0.4, 0.5) is 0 Å². The summed E-state index contributed by atoms with van der Waals surface area (Å²) in [6.07, 6.45) is 2.88. The van der Waals surface area contributed by atoms with Crippen LogP contribution in [0.15, 0.2) is 30.6 Å². The predicted molar refractivity (Wildman–Crippen MR) is 89.6 cm³/mol. The zero-order chi connectivity index (χ0) is 16.4. The van der Waals surface area contributed by atoms with E-state index in [1.54, 1.807) is 10.6 Å². The molecule has 0 unspecified atom stereocenters. The lowest BCUT2D eigenvalue weighted by Gasteiger charge is -2.19. The second-order valence-corrected chi connectivity index (χ2v) is 7.99. The number of sulfonamides is 1. The van der Waals surface area contributed by atoms with E-state index in [-0.39, 0.29) is 5.75 Å². The summed E-state index contributed by atoms with van der Waals surface area (Å²) < 4.78 is 27.0. The van der Waals surface area contributed by atoms with Crippen molar-refractivity contribution in [1.29, 1.82) is 0 Å². The molecule has 1 aliphatic heterocycles. The first-order valence-corrected chi connectivity index (χ1v) is 9.39. The van der Waals surface area contributed by atoms with Gasteiger partial charge in [-0.05, 0) is 31.4 Å². The van der Waals surface area contributed by atoms with Gasteiger partial charge < -0.3 is 0 Å². The minimum absolute atomic E-state index is 0.0499. The number of benzene rings is 1. The zero-order valence-corrected chi connectivity index (χ0v) is 14.3. The lowest BCUT2D eigenvalue weighted by Crippen LogP contribution is -2.34. The van der Waals surface area contributed by atoms with Crippen molar-refractivity contribution in [3.05, 3.63) is 58.7 Å². The summed E-state index contributed by atoms with van der Waals surface area (Å²) >= 11 is 0. The Morgan fingerprint density at radius 1 is 1.04 bits per heavy atom. The van der Waals surface area contributed by atoms with E-state index < -0.39 is 10.0 Å². The maximum absolute atomic E-state index is 12.7. The van der Waals surface area contributed by atoms with Crippen molar-refractivity contribution in [2.45, 2.75) is 32.4 Å². The number of aryl methyl sites for hydroxylation is 2. The molecule has 122 valence electrons. The second kappa shape index (κ2) is 6.37. The molecule has 0 aliphatic carbocycles. The standard InChI is InChI=1S/C17H21N3O2S/c1-13-3-5-15(6-4-13)11-23(21,22)20-9-7-16-14(2)18-12-19-17(16)8-10-20/h3-6,12H,7-11H2,1-2H3. The van der Waals surface area contributed by atoms with E-state index in [1.165, 1.54) is 0 Å². The SMILES string of the molecule is Cc1ccc(CS(=O)(=O)N2CCc3ncnc(C)c3CC2)cc1. The van der Waals surface area contributed by atoms with E-state index in [0.717, 1.165) is 28.1 Å². The van der Waals surface area contributed by atoms with E-state index in [4.69, 9.17) is 0 Å². The molecule has 0 saturated heterocycles. The van der Waals surface area contributed by atoms with E-state index in [1.807, 2.05) is 38.1 Å². The lowest BCUT2D eigenvalue weighted by molar-refractivity contribution is 0.425. The molecule has 6 heteroatoms. The first-order chi connectivity index (χ1) is 11.0. The van der Waals surface area contributed by atoms with Crippen LogP contribution in [-0.4, -0.2) is 35.8 Å². The monoisotopic (exact) mass is 331 g/mol. The summed E-state index contributed by atoms with van der Waals surface area (Å²) in [5.74, 6) is 0.0499. The van der Waals surface area contributed by atoms with Gasteiger partial charge in [-0.3, -0.25) is 0 Å². The Bertz CT molecular complexity index is 801. The molecule has 3 rings (SSSR count). The van der Waals surface area contributed by atoms with Crippen LogP contribution in [0.5, 0.6) is 0 Å². The molecule has 1 aliphatic rings. The minimum atomic E-state index is -3.32. The molecule has 0 saturated carbocycles. The highest BCUT2D eigenvalue weighted by atomic mass is 32.2. The number of hydrogen-bond acceptors (Lipinski definition) is 4. The molecule has 0 atom stereocenters. The largest absolute Gasteiger partial charge is 0.241 e. The van der Waals surface area contributed by atoms with Gasteiger partial charge in [-0.25, -0.2) is 22.7 Å². The Balaban J connectivity index is 1.77. The topological polar surface area (TPSA) is 63.2 Å². The van der Waals surface area contributed by atoms with Crippen molar-refractivity contribution in [2.24, 2.45) is 0 Å². The fraction of sp³-hybridized carbons (Fsp3) is 0.412. The van der Waals surface area contributed by atoms with Crippen LogP contribution in [0, 0.1) is 13.8 Å². The zero-order valence-electron chi connectivity index (χ0n) is 13.5. The molecule has 5 nitrogen and oxygen atoms in total. The molecule has 2 heterocycles. The van der Waals surface area contributed by atoms with Crippen molar-refractivity contribution < 1.29 is 8.42 Å². The van der Waals surface area contributed by atoms with Crippen LogP contribution >= 0.6 is 0 Å². The predicted octanol–water partition coefficient (Wildman–Crippen LogP) is 2.02. The number of fused-ring (bicyclic) bond motifs is 1. The van der Waals surface area contributed by atoms with E-state index in [9.17, 15) is 8.42 Å². The average molecular weight is 331 g/mol. The first-order valence-electron chi connectivity index (χ1n) is 7.78. The van der Waals surface area contributed by atoms with Gasteiger partial charge in [-0.2, -0.15) is 0 Å². The molecule has 0 radical (unpaired) electrons. The summed E-state index contributed by atoms with van der Waals surface area (Å²) in [4.78, 5) is 8.54. The maximum Gasteiger partial charge on any atom is 0.218 e. The average Bonchev–Trinajstić information content (AvgIpc) is 2.73. The van der Waals surface area contributed by atoms with Gasteiger partial charge in [-0.1, -0.05) is 29.8 Å². The lowest BCUT2D eigenvalue weighted by atomic mass is 10.1. The van der Waals surface area contributed by atoms with Crippen LogP contribution in [0.25, 0.3) is 0 Å². The van der Waals surface area contributed by atoms with E-state index in [0.29, 0.717) is 25.9 Å². The van der Waals surface area contributed by atoms with E-state index >= 15 is 0 Å². The smallest absolute Gasteiger partial charge is 0.218 e. The van der Waals surface area contributed by atoms with Crippen LogP contribution in [-0.2, 0) is 28.6 Å². The minimum Gasteiger partial charge on any atom is -0.241 e. The highest BCUT2D eigenvalue weighted by Gasteiger charge is 2.26. The summed E-state index contributed by atoms with van der Waals surface area (Å²) in [5.41, 5.74) is 4.98. The van der Waals surface area contributed by atoms with Gasteiger partial charge in [0.2, 0.25) is 10.0 Å². The van der Waals surface area contributed by atoms with Crippen molar-refractivity contribution in [3.63, 3.8) is 0 Å².